The molecule has 4 rings (SSSR count). The van der Waals surface area contributed by atoms with Crippen LogP contribution in [-0.2, 0) is 18.2 Å². The smallest absolute Gasteiger partial charge is 0.163 e. The van der Waals surface area contributed by atoms with E-state index in [1.54, 1.807) is 0 Å². The van der Waals surface area contributed by atoms with Gasteiger partial charge >= 0.3 is 0 Å². The lowest BCUT2D eigenvalue weighted by Gasteiger charge is -2.33. The lowest BCUT2D eigenvalue weighted by Crippen LogP contribution is -2.42. The first-order chi connectivity index (χ1) is 12.2. The normalized spacial score (nSPS) is 22.7. The summed E-state index contributed by atoms with van der Waals surface area (Å²) in [5, 5.41) is 9.03. The molecule has 0 saturated carbocycles. The Morgan fingerprint density at radius 2 is 2.08 bits per heavy atom. The molecule has 0 bridgehead atoms. The number of anilines is 1. The molecule has 7 heteroatoms. The first-order valence-electron chi connectivity index (χ1n) is 9.52. The zero-order valence-corrected chi connectivity index (χ0v) is 15.2. The first-order valence-corrected chi connectivity index (χ1v) is 9.52. The van der Waals surface area contributed by atoms with E-state index in [2.05, 4.69) is 27.2 Å². The average Bonchev–Trinajstić information content (AvgIpc) is 3.27. The molecular formula is C18H28N6O. The molecule has 2 aromatic rings. The van der Waals surface area contributed by atoms with Crippen LogP contribution in [0.1, 0.15) is 38.4 Å². The topological polar surface area (TPSA) is 68.1 Å². The highest BCUT2D eigenvalue weighted by atomic mass is 16.5. The third kappa shape index (κ3) is 3.62. The number of hydrogen-bond acceptors (Lipinski definition) is 6. The number of ether oxygens (including phenoxy) is 1. The Kier molecular flexibility index (Phi) is 4.85. The van der Waals surface area contributed by atoms with Crippen LogP contribution in [0.15, 0.2) is 6.20 Å². The Bertz CT molecular complexity index is 716. The number of nitrogens with one attached hydrogen (secondary N) is 1. The summed E-state index contributed by atoms with van der Waals surface area (Å²) in [6.07, 6.45) is 7.86. The fraction of sp³-hybridized carbons (Fsp3) is 0.722. The fourth-order valence-electron chi connectivity index (χ4n) is 3.86. The van der Waals surface area contributed by atoms with Gasteiger partial charge in [-0.3, -0.25) is 4.68 Å². The fourth-order valence-corrected chi connectivity index (χ4v) is 3.86. The number of aryl methyl sites for hydroxylation is 2. The van der Waals surface area contributed by atoms with Crippen LogP contribution in [0.5, 0.6) is 0 Å². The van der Waals surface area contributed by atoms with Crippen molar-refractivity contribution in [1.29, 1.82) is 0 Å². The van der Waals surface area contributed by atoms with E-state index in [0.29, 0.717) is 12.1 Å². The second-order valence-electron chi connectivity index (χ2n) is 7.20. The van der Waals surface area contributed by atoms with E-state index in [9.17, 15) is 0 Å². The number of piperidine rings is 1. The van der Waals surface area contributed by atoms with Crippen molar-refractivity contribution >= 4 is 16.9 Å². The van der Waals surface area contributed by atoms with Gasteiger partial charge in [-0.05, 0) is 25.7 Å². The van der Waals surface area contributed by atoms with Crippen molar-refractivity contribution in [1.82, 2.24) is 24.6 Å². The Morgan fingerprint density at radius 3 is 2.80 bits per heavy atom. The molecule has 136 valence electrons. The minimum Gasteiger partial charge on any atom is -0.377 e. The van der Waals surface area contributed by atoms with Gasteiger partial charge in [-0.1, -0.05) is 6.92 Å². The van der Waals surface area contributed by atoms with Crippen molar-refractivity contribution in [2.45, 2.75) is 51.2 Å². The highest BCUT2D eigenvalue weighted by Gasteiger charge is 2.24. The highest BCUT2D eigenvalue weighted by Crippen LogP contribution is 2.24. The second-order valence-corrected chi connectivity index (χ2v) is 7.20. The van der Waals surface area contributed by atoms with Crippen LogP contribution in [-0.4, -0.2) is 63.0 Å². The van der Waals surface area contributed by atoms with Crippen LogP contribution in [0, 0.1) is 0 Å². The summed E-state index contributed by atoms with van der Waals surface area (Å²) < 4.78 is 7.60. The van der Waals surface area contributed by atoms with Gasteiger partial charge in [0.15, 0.2) is 5.65 Å². The molecule has 2 saturated heterocycles. The maximum Gasteiger partial charge on any atom is 0.163 e. The Balaban J connectivity index is 1.40. The number of likely N-dealkylation sites (tertiary alicyclic amines) is 1. The molecule has 2 aliphatic heterocycles. The third-order valence-corrected chi connectivity index (χ3v) is 5.37. The lowest BCUT2D eigenvalue weighted by molar-refractivity contribution is 0.0654. The van der Waals surface area contributed by atoms with Crippen molar-refractivity contribution in [2.75, 3.05) is 31.6 Å². The van der Waals surface area contributed by atoms with Crippen LogP contribution in [0.3, 0.4) is 0 Å². The summed E-state index contributed by atoms with van der Waals surface area (Å²) in [5.74, 6) is 1.81. The van der Waals surface area contributed by atoms with E-state index in [4.69, 9.17) is 9.72 Å². The maximum atomic E-state index is 5.77. The Hall–Kier alpha value is -1.73. The predicted octanol–water partition coefficient (Wildman–Crippen LogP) is 1.98. The number of nitrogens with zero attached hydrogens (tertiary/aromatic N) is 5. The van der Waals surface area contributed by atoms with Gasteiger partial charge in [-0.25, -0.2) is 9.97 Å². The summed E-state index contributed by atoms with van der Waals surface area (Å²) in [4.78, 5) is 11.9. The van der Waals surface area contributed by atoms with Gasteiger partial charge in [0.1, 0.15) is 11.6 Å². The first kappa shape index (κ1) is 16.7. The van der Waals surface area contributed by atoms with Crippen molar-refractivity contribution < 1.29 is 4.74 Å². The number of aromatic nitrogens is 4. The van der Waals surface area contributed by atoms with Gasteiger partial charge in [0, 0.05) is 45.8 Å². The molecule has 0 spiro atoms. The molecule has 1 N–H and O–H groups in total. The number of rotatable bonds is 5. The Labute approximate surface area is 148 Å². The van der Waals surface area contributed by atoms with Crippen LogP contribution < -0.4 is 5.32 Å². The molecule has 0 aromatic carbocycles. The SMILES string of the molecule is CCc1nc(NC2CCN(C[C@H]3CCCO3)CC2)c2cnn(C)c2n1. The van der Waals surface area contributed by atoms with Gasteiger partial charge in [0.2, 0.25) is 0 Å². The van der Waals surface area contributed by atoms with E-state index < -0.39 is 0 Å². The molecule has 7 nitrogen and oxygen atoms in total. The second kappa shape index (κ2) is 7.25. The molecule has 25 heavy (non-hydrogen) atoms. The average molecular weight is 344 g/mol. The summed E-state index contributed by atoms with van der Waals surface area (Å²) in [6.45, 7) is 6.37. The zero-order chi connectivity index (χ0) is 17.2. The van der Waals surface area contributed by atoms with Crippen molar-refractivity contribution in [3.63, 3.8) is 0 Å². The molecule has 4 heterocycles. The molecule has 0 aliphatic carbocycles. The third-order valence-electron chi connectivity index (χ3n) is 5.37. The standard InChI is InChI=1S/C18H28N6O/c1-3-16-21-17(15-11-19-23(2)18(15)22-16)20-13-6-8-24(9-7-13)12-14-5-4-10-25-14/h11,13-14H,3-10,12H2,1-2H3,(H,20,21,22)/t14-/m1/s1. The van der Waals surface area contributed by atoms with Crippen LogP contribution in [0.2, 0.25) is 0 Å². The monoisotopic (exact) mass is 344 g/mol. The minimum atomic E-state index is 0.452. The molecule has 0 amide bonds. The summed E-state index contributed by atoms with van der Waals surface area (Å²) in [7, 11) is 1.93. The number of fused-ring (bicyclic) bond motifs is 1. The van der Waals surface area contributed by atoms with Crippen molar-refractivity contribution in [3.8, 4) is 0 Å². The van der Waals surface area contributed by atoms with E-state index >= 15 is 0 Å². The van der Waals surface area contributed by atoms with E-state index in [1.165, 1.54) is 12.8 Å². The van der Waals surface area contributed by atoms with Crippen LogP contribution >= 0.6 is 0 Å². The molecule has 2 aliphatic rings. The van der Waals surface area contributed by atoms with Gasteiger partial charge in [-0.15, -0.1) is 0 Å². The largest absolute Gasteiger partial charge is 0.377 e. The molecule has 2 fully saturated rings. The predicted molar refractivity (Wildman–Crippen MR) is 97.7 cm³/mol. The molecule has 1 atom stereocenters. The molecule has 2 aromatic heterocycles. The van der Waals surface area contributed by atoms with Gasteiger partial charge in [0.05, 0.1) is 17.7 Å². The Morgan fingerprint density at radius 1 is 1.24 bits per heavy atom. The van der Waals surface area contributed by atoms with E-state index in [0.717, 1.165) is 68.2 Å². The molecule has 0 radical (unpaired) electrons. The summed E-state index contributed by atoms with van der Waals surface area (Å²) >= 11 is 0. The summed E-state index contributed by atoms with van der Waals surface area (Å²) in [6, 6.07) is 0.462. The quantitative estimate of drug-likeness (QED) is 0.894. The molecular weight excluding hydrogens is 316 g/mol. The van der Waals surface area contributed by atoms with E-state index in [1.807, 2.05) is 17.9 Å². The maximum absolute atomic E-state index is 5.77. The van der Waals surface area contributed by atoms with E-state index in [-0.39, 0.29) is 0 Å². The molecule has 0 unspecified atom stereocenters. The van der Waals surface area contributed by atoms with Crippen LogP contribution in [0.4, 0.5) is 5.82 Å². The van der Waals surface area contributed by atoms with Gasteiger partial charge < -0.3 is 15.0 Å². The minimum absolute atomic E-state index is 0.452. The number of hydrogen-bond donors (Lipinski definition) is 1. The van der Waals surface area contributed by atoms with Crippen molar-refractivity contribution in [2.24, 2.45) is 7.05 Å². The zero-order valence-electron chi connectivity index (χ0n) is 15.2. The van der Waals surface area contributed by atoms with Gasteiger partial charge in [-0.2, -0.15) is 5.10 Å². The highest BCUT2D eigenvalue weighted by molar-refractivity contribution is 5.86. The van der Waals surface area contributed by atoms with Gasteiger partial charge in [0.25, 0.3) is 0 Å². The summed E-state index contributed by atoms with van der Waals surface area (Å²) in [5.41, 5.74) is 0.908. The lowest BCUT2D eigenvalue weighted by atomic mass is 10.0. The van der Waals surface area contributed by atoms with Crippen LogP contribution in [0.25, 0.3) is 11.0 Å². The van der Waals surface area contributed by atoms with Crippen molar-refractivity contribution in [3.05, 3.63) is 12.0 Å².